The lowest BCUT2D eigenvalue weighted by molar-refractivity contribution is -0.120. The summed E-state index contributed by atoms with van der Waals surface area (Å²) in [5.74, 6) is -0.713. The number of phenolic OH excluding ortho intramolecular Hbond substituents is 1. The summed E-state index contributed by atoms with van der Waals surface area (Å²) in [7, 11) is 0. The molecule has 0 saturated heterocycles. The number of hydrogen-bond acceptors (Lipinski definition) is 4. The number of nitrogens with zero attached hydrogens (tertiary/aromatic N) is 1. The number of phenols is 1. The van der Waals surface area contributed by atoms with Crippen molar-refractivity contribution in [1.29, 1.82) is 0 Å². The lowest BCUT2D eigenvalue weighted by Gasteiger charge is -2.04. The van der Waals surface area contributed by atoms with Gasteiger partial charge in [-0.15, -0.1) is 0 Å². The number of carbonyl (C=O) groups is 2. The smallest absolute Gasteiger partial charge is 0.259 e. The van der Waals surface area contributed by atoms with Crippen molar-refractivity contribution in [3.05, 3.63) is 64.7 Å². The van der Waals surface area contributed by atoms with Crippen molar-refractivity contribution >= 4 is 29.6 Å². The molecule has 2 aromatic rings. The summed E-state index contributed by atoms with van der Waals surface area (Å²) in [6.45, 7) is -0.210. The quantitative estimate of drug-likeness (QED) is 0.577. The Hall–Kier alpha value is -2.86. The van der Waals surface area contributed by atoms with Gasteiger partial charge in [-0.2, -0.15) is 5.10 Å². The summed E-state index contributed by atoms with van der Waals surface area (Å²) >= 11 is 5.79. The predicted molar refractivity (Wildman–Crippen MR) is 87.6 cm³/mol. The summed E-state index contributed by atoms with van der Waals surface area (Å²) in [5, 5.41) is 15.8. The van der Waals surface area contributed by atoms with Crippen LogP contribution in [0.3, 0.4) is 0 Å². The molecule has 0 spiro atoms. The second kappa shape index (κ2) is 7.95. The summed E-state index contributed by atoms with van der Waals surface area (Å²) in [5.41, 5.74) is 3.38. The Labute approximate surface area is 137 Å². The first-order valence-corrected chi connectivity index (χ1v) is 7.07. The molecule has 2 amide bonds. The van der Waals surface area contributed by atoms with E-state index < -0.39 is 11.8 Å². The van der Waals surface area contributed by atoms with Gasteiger partial charge in [-0.1, -0.05) is 17.7 Å². The second-order valence-electron chi connectivity index (χ2n) is 4.58. The zero-order valence-corrected chi connectivity index (χ0v) is 12.7. The number of benzene rings is 2. The van der Waals surface area contributed by atoms with E-state index in [4.69, 9.17) is 16.7 Å². The van der Waals surface area contributed by atoms with Crippen molar-refractivity contribution in [3.63, 3.8) is 0 Å². The third-order valence-electron chi connectivity index (χ3n) is 2.79. The molecule has 2 rings (SSSR count). The third-order valence-corrected chi connectivity index (χ3v) is 3.03. The van der Waals surface area contributed by atoms with Crippen molar-refractivity contribution in [2.24, 2.45) is 5.10 Å². The molecule has 0 atom stereocenters. The Morgan fingerprint density at radius 1 is 1.17 bits per heavy atom. The van der Waals surface area contributed by atoms with Crippen LogP contribution >= 0.6 is 11.6 Å². The number of nitrogens with one attached hydrogen (secondary N) is 2. The van der Waals surface area contributed by atoms with Gasteiger partial charge in [-0.3, -0.25) is 9.59 Å². The van der Waals surface area contributed by atoms with Crippen LogP contribution < -0.4 is 10.7 Å². The molecule has 2 aromatic carbocycles. The molecule has 0 unspecified atom stereocenters. The minimum Gasteiger partial charge on any atom is -0.508 e. The molecule has 3 N–H and O–H groups in total. The zero-order valence-electron chi connectivity index (χ0n) is 12.0. The molecule has 0 aromatic heterocycles. The summed E-state index contributed by atoms with van der Waals surface area (Å²) in [6.07, 6.45) is 1.43. The molecule has 0 aliphatic heterocycles. The molecule has 0 bridgehead atoms. The standard InChI is InChI=1S/C16H14ClN3O3/c17-13-3-1-2-12(8-13)16(23)18-10-15(22)20-19-9-11-4-6-14(21)7-5-11/h1-9,21H,10H2,(H,18,23)(H,20,22)/b19-9+. The van der Waals surface area contributed by atoms with E-state index >= 15 is 0 Å². The van der Waals surface area contributed by atoms with Gasteiger partial charge in [-0.25, -0.2) is 5.43 Å². The van der Waals surface area contributed by atoms with Crippen LogP contribution in [-0.4, -0.2) is 29.7 Å². The first kappa shape index (κ1) is 16.5. The van der Waals surface area contributed by atoms with Crippen LogP contribution in [0.4, 0.5) is 0 Å². The van der Waals surface area contributed by atoms with Gasteiger partial charge in [0.15, 0.2) is 0 Å². The predicted octanol–water partition coefficient (Wildman–Crippen LogP) is 1.93. The van der Waals surface area contributed by atoms with Crippen molar-refractivity contribution in [1.82, 2.24) is 10.7 Å². The second-order valence-corrected chi connectivity index (χ2v) is 5.01. The van der Waals surface area contributed by atoms with Gasteiger partial charge in [0, 0.05) is 10.6 Å². The van der Waals surface area contributed by atoms with Gasteiger partial charge >= 0.3 is 0 Å². The molecule has 0 fully saturated rings. The fourth-order valence-corrected chi connectivity index (χ4v) is 1.86. The highest BCUT2D eigenvalue weighted by molar-refractivity contribution is 6.30. The highest BCUT2D eigenvalue weighted by Crippen LogP contribution is 2.10. The third kappa shape index (κ3) is 5.44. The summed E-state index contributed by atoms with van der Waals surface area (Å²) < 4.78 is 0. The average molecular weight is 332 g/mol. The monoisotopic (exact) mass is 331 g/mol. The van der Waals surface area contributed by atoms with Crippen molar-refractivity contribution in [2.75, 3.05) is 6.54 Å². The summed E-state index contributed by atoms with van der Waals surface area (Å²) in [4.78, 5) is 23.4. The Morgan fingerprint density at radius 3 is 2.61 bits per heavy atom. The largest absolute Gasteiger partial charge is 0.508 e. The molecule has 0 radical (unpaired) electrons. The Balaban J connectivity index is 1.78. The van der Waals surface area contributed by atoms with E-state index in [1.54, 1.807) is 30.3 Å². The first-order chi connectivity index (χ1) is 11.0. The number of amides is 2. The maximum absolute atomic E-state index is 11.8. The van der Waals surface area contributed by atoms with Gasteiger partial charge in [0.1, 0.15) is 5.75 Å². The zero-order chi connectivity index (χ0) is 16.7. The van der Waals surface area contributed by atoms with Crippen LogP contribution in [0, 0.1) is 0 Å². The Kier molecular flexibility index (Phi) is 5.71. The number of hydrazone groups is 1. The van der Waals surface area contributed by atoms with Crippen molar-refractivity contribution < 1.29 is 14.7 Å². The lowest BCUT2D eigenvalue weighted by atomic mass is 10.2. The minimum atomic E-state index is -0.463. The summed E-state index contributed by atoms with van der Waals surface area (Å²) in [6, 6.07) is 12.7. The van der Waals surface area contributed by atoms with Crippen LogP contribution in [0.5, 0.6) is 5.75 Å². The maximum Gasteiger partial charge on any atom is 0.259 e. The number of aromatic hydroxyl groups is 1. The van der Waals surface area contributed by atoms with E-state index in [0.717, 1.165) is 0 Å². The van der Waals surface area contributed by atoms with Crippen LogP contribution in [0.2, 0.25) is 5.02 Å². The van der Waals surface area contributed by atoms with Gasteiger partial charge in [0.05, 0.1) is 12.8 Å². The highest BCUT2D eigenvalue weighted by atomic mass is 35.5. The van der Waals surface area contributed by atoms with Crippen LogP contribution in [-0.2, 0) is 4.79 Å². The fraction of sp³-hybridized carbons (Fsp3) is 0.0625. The van der Waals surface area contributed by atoms with E-state index in [1.807, 2.05) is 0 Å². The van der Waals surface area contributed by atoms with E-state index in [1.165, 1.54) is 24.4 Å². The van der Waals surface area contributed by atoms with Crippen molar-refractivity contribution in [2.45, 2.75) is 0 Å². The van der Waals surface area contributed by atoms with Crippen LogP contribution in [0.25, 0.3) is 0 Å². The van der Waals surface area contributed by atoms with Gasteiger partial charge in [-0.05, 0) is 48.0 Å². The molecule has 23 heavy (non-hydrogen) atoms. The Bertz CT molecular complexity index is 730. The molecular weight excluding hydrogens is 318 g/mol. The van der Waals surface area contributed by atoms with Gasteiger partial charge in [0.25, 0.3) is 11.8 Å². The average Bonchev–Trinajstić information content (AvgIpc) is 2.54. The molecule has 0 saturated carbocycles. The van der Waals surface area contributed by atoms with Gasteiger partial charge < -0.3 is 10.4 Å². The van der Waals surface area contributed by atoms with Crippen molar-refractivity contribution in [3.8, 4) is 5.75 Å². The van der Waals surface area contributed by atoms with Crippen LogP contribution in [0.15, 0.2) is 53.6 Å². The maximum atomic E-state index is 11.8. The molecule has 0 aliphatic rings. The topological polar surface area (TPSA) is 90.8 Å². The number of hydrogen-bond donors (Lipinski definition) is 3. The van der Waals surface area contributed by atoms with E-state index in [2.05, 4.69) is 15.8 Å². The number of rotatable bonds is 5. The molecule has 118 valence electrons. The van der Waals surface area contributed by atoms with E-state index in [0.29, 0.717) is 16.1 Å². The lowest BCUT2D eigenvalue weighted by Crippen LogP contribution is -2.34. The molecule has 0 aliphatic carbocycles. The molecule has 0 heterocycles. The van der Waals surface area contributed by atoms with Gasteiger partial charge in [0.2, 0.25) is 0 Å². The normalized spacial score (nSPS) is 10.5. The van der Waals surface area contributed by atoms with E-state index in [-0.39, 0.29) is 12.3 Å². The molecular formula is C16H14ClN3O3. The van der Waals surface area contributed by atoms with Crippen LogP contribution in [0.1, 0.15) is 15.9 Å². The number of halogens is 1. The highest BCUT2D eigenvalue weighted by Gasteiger charge is 2.07. The number of carbonyl (C=O) groups excluding carboxylic acids is 2. The Morgan fingerprint density at radius 2 is 1.91 bits per heavy atom. The first-order valence-electron chi connectivity index (χ1n) is 6.69. The SMILES string of the molecule is O=C(CNC(=O)c1cccc(Cl)c1)N/N=C/c1ccc(O)cc1. The minimum absolute atomic E-state index is 0.148. The molecule has 6 nitrogen and oxygen atoms in total. The fourth-order valence-electron chi connectivity index (χ4n) is 1.67. The molecule has 7 heteroatoms. The van der Waals surface area contributed by atoms with E-state index in [9.17, 15) is 9.59 Å².